The van der Waals surface area contributed by atoms with Crippen molar-refractivity contribution in [2.24, 2.45) is 7.05 Å². The van der Waals surface area contributed by atoms with E-state index < -0.39 is 17.7 Å². The fourth-order valence-electron chi connectivity index (χ4n) is 4.20. The third-order valence-corrected chi connectivity index (χ3v) is 6.10. The summed E-state index contributed by atoms with van der Waals surface area (Å²) in [5.74, 6) is -1.53. The molecule has 1 aliphatic rings. The van der Waals surface area contributed by atoms with Crippen molar-refractivity contribution in [3.8, 4) is 0 Å². The lowest BCUT2D eigenvalue weighted by Crippen LogP contribution is -2.31. The van der Waals surface area contributed by atoms with Gasteiger partial charge >= 0.3 is 0 Å². The number of hydrogen-bond acceptors (Lipinski definition) is 5. The van der Waals surface area contributed by atoms with E-state index >= 15 is 0 Å². The fourth-order valence-corrected chi connectivity index (χ4v) is 4.32. The number of aryl methyl sites for hydroxylation is 3. The number of halogens is 1. The summed E-state index contributed by atoms with van der Waals surface area (Å²) in [6.45, 7) is 4.57. The van der Waals surface area contributed by atoms with Gasteiger partial charge in [-0.1, -0.05) is 23.7 Å². The van der Waals surface area contributed by atoms with E-state index in [-0.39, 0.29) is 11.3 Å². The van der Waals surface area contributed by atoms with Gasteiger partial charge in [0.1, 0.15) is 5.76 Å². The number of Topliss-reactive ketones (excluding diaryl/α,β-unsaturated/α-hetero) is 1. The number of aliphatic hydroxyl groups excluding tert-OH is 1. The molecule has 0 spiro atoms. The molecule has 1 fully saturated rings. The van der Waals surface area contributed by atoms with Crippen LogP contribution in [-0.2, 0) is 23.2 Å². The predicted molar refractivity (Wildman–Crippen MR) is 120 cm³/mol. The molecule has 9 heteroatoms. The largest absolute Gasteiger partial charge is 0.507 e. The molecule has 1 atom stereocenters. The van der Waals surface area contributed by atoms with Crippen LogP contribution >= 0.6 is 11.6 Å². The van der Waals surface area contributed by atoms with E-state index in [0.29, 0.717) is 47.0 Å². The van der Waals surface area contributed by atoms with Crippen LogP contribution in [-0.4, -0.2) is 47.6 Å². The number of likely N-dealkylation sites (tertiary alicyclic amines) is 1. The van der Waals surface area contributed by atoms with Crippen molar-refractivity contribution in [1.82, 2.24) is 24.2 Å². The second-order valence-corrected chi connectivity index (χ2v) is 8.30. The second-order valence-electron chi connectivity index (χ2n) is 7.87. The first-order valence-corrected chi connectivity index (χ1v) is 10.7. The lowest BCUT2D eigenvalue weighted by molar-refractivity contribution is -0.139. The number of aliphatic hydroxyl groups is 1. The molecule has 3 aromatic rings. The quantitative estimate of drug-likeness (QED) is 0.351. The number of rotatable bonds is 6. The fraction of sp³-hybridized carbons (Fsp3) is 0.304. The Morgan fingerprint density at radius 3 is 2.47 bits per heavy atom. The van der Waals surface area contributed by atoms with E-state index in [4.69, 9.17) is 11.6 Å². The highest BCUT2D eigenvalue weighted by atomic mass is 35.5. The summed E-state index contributed by atoms with van der Waals surface area (Å²) in [5.41, 5.74) is 2.55. The number of hydrogen-bond donors (Lipinski definition) is 1. The standard InChI is InChI=1S/C23H24ClN5O3/c1-14-18(15(2)27(3)26-14)21(30)19-20(16-5-7-17(24)8-6-16)29(23(32)22(19)31)11-4-10-28-12-9-25-13-28/h5-9,12-13,20,30H,4,10-11H2,1-3H3/t20-/m0/s1. The van der Waals surface area contributed by atoms with Crippen LogP contribution in [0.25, 0.3) is 5.76 Å². The van der Waals surface area contributed by atoms with Crippen molar-refractivity contribution in [3.63, 3.8) is 0 Å². The minimum Gasteiger partial charge on any atom is -0.507 e. The normalized spacial score (nSPS) is 18.0. The van der Waals surface area contributed by atoms with Gasteiger partial charge in [-0.2, -0.15) is 5.10 Å². The number of carbonyl (C=O) groups excluding carboxylic acids is 2. The SMILES string of the molecule is Cc1nn(C)c(C)c1C(O)=C1C(=O)C(=O)N(CCCn2ccnc2)[C@H]1c1ccc(Cl)cc1. The van der Waals surface area contributed by atoms with Gasteiger partial charge in [0, 0.05) is 43.2 Å². The zero-order valence-electron chi connectivity index (χ0n) is 18.1. The summed E-state index contributed by atoms with van der Waals surface area (Å²) in [6, 6.07) is 6.26. The molecular weight excluding hydrogens is 430 g/mol. The third-order valence-electron chi connectivity index (χ3n) is 5.85. The summed E-state index contributed by atoms with van der Waals surface area (Å²) < 4.78 is 3.55. The van der Waals surface area contributed by atoms with Crippen molar-refractivity contribution in [1.29, 1.82) is 0 Å². The van der Waals surface area contributed by atoms with Crippen molar-refractivity contribution in [2.75, 3.05) is 6.54 Å². The molecule has 0 radical (unpaired) electrons. The van der Waals surface area contributed by atoms with Crippen molar-refractivity contribution in [3.05, 3.63) is 76.1 Å². The maximum Gasteiger partial charge on any atom is 0.295 e. The van der Waals surface area contributed by atoms with Gasteiger partial charge in [0.15, 0.2) is 0 Å². The van der Waals surface area contributed by atoms with Gasteiger partial charge in [0.25, 0.3) is 11.7 Å². The molecule has 1 aliphatic heterocycles. The van der Waals surface area contributed by atoms with E-state index in [0.717, 1.165) is 0 Å². The third kappa shape index (κ3) is 3.82. The number of carbonyl (C=O) groups is 2. The Hall–Kier alpha value is -3.39. The molecule has 0 unspecified atom stereocenters. The van der Waals surface area contributed by atoms with Crippen LogP contribution < -0.4 is 0 Å². The Kier molecular flexibility index (Phi) is 5.88. The molecule has 0 bridgehead atoms. The summed E-state index contributed by atoms with van der Waals surface area (Å²) in [4.78, 5) is 31.7. The number of imidazole rings is 1. The minimum absolute atomic E-state index is 0.0687. The Bertz CT molecular complexity index is 1200. The Balaban J connectivity index is 1.77. The first-order chi connectivity index (χ1) is 15.3. The molecule has 32 heavy (non-hydrogen) atoms. The van der Waals surface area contributed by atoms with Crippen molar-refractivity contribution in [2.45, 2.75) is 32.9 Å². The summed E-state index contributed by atoms with van der Waals surface area (Å²) >= 11 is 6.06. The van der Waals surface area contributed by atoms with E-state index in [9.17, 15) is 14.7 Å². The van der Waals surface area contributed by atoms with E-state index in [1.165, 1.54) is 4.90 Å². The molecule has 1 amide bonds. The number of ketones is 1. The molecule has 2 aromatic heterocycles. The van der Waals surface area contributed by atoms with Gasteiger partial charge in [-0.05, 0) is 38.0 Å². The predicted octanol–water partition coefficient (Wildman–Crippen LogP) is 3.40. The highest BCUT2D eigenvalue weighted by Gasteiger charge is 2.46. The number of nitrogens with zero attached hydrogens (tertiary/aromatic N) is 5. The topological polar surface area (TPSA) is 93.2 Å². The monoisotopic (exact) mass is 453 g/mol. The first-order valence-electron chi connectivity index (χ1n) is 10.3. The maximum absolute atomic E-state index is 13.1. The van der Waals surface area contributed by atoms with Gasteiger partial charge in [0.05, 0.1) is 29.2 Å². The molecule has 3 heterocycles. The zero-order chi connectivity index (χ0) is 23.0. The number of aromatic nitrogens is 4. The summed E-state index contributed by atoms with van der Waals surface area (Å²) in [6.07, 6.45) is 5.87. The second kappa shape index (κ2) is 8.63. The Morgan fingerprint density at radius 2 is 1.88 bits per heavy atom. The van der Waals surface area contributed by atoms with Gasteiger partial charge < -0.3 is 14.6 Å². The summed E-state index contributed by atoms with van der Waals surface area (Å²) in [7, 11) is 1.77. The highest BCUT2D eigenvalue weighted by molar-refractivity contribution is 6.46. The number of amides is 1. The van der Waals surface area contributed by atoms with Crippen LogP contribution in [0.4, 0.5) is 0 Å². The smallest absolute Gasteiger partial charge is 0.295 e. The van der Waals surface area contributed by atoms with Gasteiger partial charge in [-0.15, -0.1) is 0 Å². The van der Waals surface area contributed by atoms with Crippen LogP contribution in [0.15, 0.2) is 48.6 Å². The van der Waals surface area contributed by atoms with Crippen LogP contribution in [0, 0.1) is 13.8 Å². The zero-order valence-corrected chi connectivity index (χ0v) is 18.9. The molecular formula is C23H24ClN5O3. The van der Waals surface area contributed by atoms with Crippen LogP contribution in [0.3, 0.4) is 0 Å². The van der Waals surface area contributed by atoms with E-state index in [1.54, 1.807) is 55.4 Å². The lowest BCUT2D eigenvalue weighted by atomic mass is 9.94. The van der Waals surface area contributed by atoms with Crippen LogP contribution in [0.2, 0.25) is 5.02 Å². The van der Waals surface area contributed by atoms with Gasteiger partial charge in [-0.25, -0.2) is 4.98 Å². The molecule has 4 rings (SSSR count). The average molecular weight is 454 g/mol. The lowest BCUT2D eigenvalue weighted by Gasteiger charge is -2.25. The van der Waals surface area contributed by atoms with E-state index in [1.807, 2.05) is 17.7 Å². The molecule has 0 saturated carbocycles. The number of benzene rings is 1. The maximum atomic E-state index is 13.1. The van der Waals surface area contributed by atoms with Crippen LogP contribution in [0.1, 0.15) is 35.0 Å². The Labute approximate surface area is 190 Å². The van der Waals surface area contributed by atoms with Crippen molar-refractivity contribution < 1.29 is 14.7 Å². The molecule has 8 nitrogen and oxygen atoms in total. The van der Waals surface area contributed by atoms with Crippen LogP contribution in [0.5, 0.6) is 0 Å². The van der Waals surface area contributed by atoms with Gasteiger partial charge in [0.2, 0.25) is 0 Å². The Morgan fingerprint density at radius 1 is 1.16 bits per heavy atom. The molecule has 166 valence electrons. The minimum atomic E-state index is -0.714. The summed E-state index contributed by atoms with van der Waals surface area (Å²) in [5, 5.41) is 16.1. The molecule has 1 aromatic carbocycles. The highest BCUT2D eigenvalue weighted by Crippen LogP contribution is 2.40. The van der Waals surface area contributed by atoms with E-state index in [2.05, 4.69) is 10.1 Å². The molecule has 1 N–H and O–H groups in total. The molecule has 1 saturated heterocycles. The molecule has 0 aliphatic carbocycles. The first kappa shape index (κ1) is 21.8. The average Bonchev–Trinajstić information content (AvgIpc) is 3.43. The van der Waals surface area contributed by atoms with Crippen molar-refractivity contribution >= 4 is 29.1 Å². The van der Waals surface area contributed by atoms with Gasteiger partial charge in [-0.3, -0.25) is 14.3 Å².